The first-order valence-electron chi connectivity index (χ1n) is 7.48. The van der Waals surface area contributed by atoms with Gasteiger partial charge in [-0.1, -0.05) is 6.42 Å². The van der Waals surface area contributed by atoms with Gasteiger partial charge in [-0.15, -0.1) is 0 Å². The zero-order valence-corrected chi connectivity index (χ0v) is 12.4. The molecular formula is C14H24O8. The minimum atomic E-state index is -2.30. The predicted molar refractivity (Wildman–Crippen MR) is 73.2 cm³/mol. The summed E-state index contributed by atoms with van der Waals surface area (Å²) in [5.74, 6) is -3.64. The van der Waals surface area contributed by atoms with Gasteiger partial charge in [0.05, 0.1) is 12.7 Å². The molecule has 0 aromatic carbocycles. The van der Waals surface area contributed by atoms with E-state index in [9.17, 15) is 24.9 Å². The maximum Gasteiger partial charge on any atom is 0.308 e. The molecule has 0 saturated carbocycles. The second kappa shape index (κ2) is 9.04. The van der Waals surface area contributed by atoms with Crippen molar-refractivity contribution in [1.82, 2.24) is 0 Å². The van der Waals surface area contributed by atoms with Crippen molar-refractivity contribution in [2.75, 3.05) is 6.61 Å². The fourth-order valence-electron chi connectivity index (χ4n) is 2.14. The molecule has 1 saturated heterocycles. The summed E-state index contributed by atoms with van der Waals surface area (Å²) in [5, 5.41) is 38.0. The van der Waals surface area contributed by atoms with Crippen LogP contribution in [-0.2, 0) is 19.1 Å². The van der Waals surface area contributed by atoms with Crippen molar-refractivity contribution in [2.24, 2.45) is 0 Å². The molecule has 0 aliphatic carbocycles. The Bertz CT molecular complexity index is 372. The molecule has 3 unspecified atom stereocenters. The Labute approximate surface area is 128 Å². The molecule has 0 aromatic heterocycles. The molecule has 128 valence electrons. The minimum absolute atomic E-state index is 0.0472. The molecule has 3 atom stereocenters. The van der Waals surface area contributed by atoms with Gasteiger partial charge in [0.2, 0.25) is 0 Å². The Hall–Kier alpha value is -1.22. The number of carbonyl (C=O) groups is 2. The topological polar surface area (TPSA) is 134 Å². The number of rotatable bonds is 6. The molecule has 1 aliphatic heterocycles. The summed E-state index contributed by atoms with van der Waals surface area (Å²) in [7, 11) is 0. The van der Waals surface area contributed by atoms with Crippen LogP contribution in [0.25, 0.3) is 0 Å². The van der Waals surface area contributed by atoms with Gasteiger partial charge in [0.25, 0.3) is 12.1 Å². The second-order valence-electron chi connectivity index (χ2n) is 5.45. The lowest BCUT2D eigenvalue weighted by Gasteiger charge is -2.32. The van der Waals surface area contributed by atoms with E-state index in [4.69, 9.17) is 14.6 Å². The van der Waals surface area contributed by atoms with Crippen LogP contribution in [0.2, 0.25) is 0 Å². The first-order chi connectivity index (χ1) is 10.4. The lowest BCUT2D eigenvalue weighted by molar-refractivity contribution is -0.306. The van der Waals surface area contributed by atoms with E-state index in [1.165, 1.54) is 0 Å². The molecule has 0 spiro atoms. The summed E-state index contributed by atoms with van der Waals surface area (Å²) < 4.78 is 9.58. The van der Waals surface area contributed by atoms with Crippen molar-refractivity contribution in [2.45, 2.75) is 69.5 Å². The highest BCUT2D eigenvalue weighted by molar-refractivity contribution is 5.71. The number of carbonyl (C=O) groups excluding carboxylic acids is 2. The Morgan fingerprint density at radius 1 is 1.18 bits per heavy atom. The number of hydrogen-bond acceptors (Lipinski definition) is 8. The SMILES string of the molecule is O=C1CCCCC(=O)OC(O)(CCCCC(O)CO)C(O)O1. The monoisotopic (exact) mass is 320 g/mol. The van der Waals surface area contributed by atoms with Gasteiger partial charge in [-0.2, -0.15) is 0 Å². The number of esters is 2. The van der Waals surface area contributed by atoms with Gasteiger partial charge < -0.3 is 29.9 Å². The number of aliphatic hydroxyl groups excluding tert-OH is 3. The summed E-state index contributed by atoms with van der Waals surface area (Å²) in [6.07, 6.45) is -0.941. The third-order valence-electron chi connectivity index (χ3n) is 3.46. The minimum Gasteiger partial charge on any atom is -0.429 e. The van der Waals surface area contributed by atoms with Gasteiger partial charge in [0.1, 0.15) is 0 Å². The molecule has 1 rings (SSSR count). The summed E-state index contributed by atoms with van der Waals surface area (Å²) in [5.41, 5.74) is 0. The van der Waals surface area contributed by atoms with Gasteiger partial charge in [0, 0.05) is 19.3 Å². The largest absolute Gasteiger partial charge is 0.429 e. The lowest BCUT2D eigenvalue weighted by Crippen LogP contribution is -2.49. The molecule has 22 heavy (non-hydrogen) atoms. The molecule has 4 N–H and O–H groups in total. The van der Waals surface area contributed by atoms with Crippen LogP contribution in [0.15, 0.2) is 0 Å². The second-order valence-corrected chi connectivity index (χ2v) is 5.45. The van der Waals surface area contributed by atoms with Crippen molar-refractivity contribution in [3.05, 3.63) is 0 Å². The van der Waals surface area contributed by atoms with E-state index in [0.717, 1.165) is 0 Å². The van der Waals surface area contributed by atoms with Crippen LogP contribution in [-0.4, -0.2) is 57.2 Å². The number of ether oxygens (including phenoxy) is 2. The third kappa shape index (κ3) is 6.27. The maximum atomic E-state index is 11.6. The van der Waals surface area contributed by atoms with Crippen LogP contribution in [0, 0.1) is 0 Å². The molecule has 8 nitrogen and oxygen atoms in total. The van der Waals surface area contributed by atoms with E-state index in [2.05, 4.69) is 0 Å². The molecule has 1 fully saturated rings. The van der Waals surface area contributed by atoms with E-state index >= 15 is 0 Å². The number of unbranched alkanes of at least 4 members (excludes halogenated alkanes) is 1. The Morgan fingerprint density at radius 3 is 2.45 bits per heavy atom. The van der Waals surface area contributed by atoms with Crippen LogP contribution in [0.4, 0.5) is 0 Å². The smallest absolute Gasteiger partial charge is 0.308 e. The molecule has 1 heterocycles. The van der Waals surface area contributed by atoms with Gasteiger partial charge in [0.15, 0.2) is 0 Å². The highest BCUT2D eigenvalue weighted by Crippen LogP contribution is 2.25. The Kier molecular flexibility index (Phi) is 7.74. The fraction of sp³-hybridized carbons (Fsp3) is 0.857. The van der Waals surface area contributed by atoms with Crippen LogP contribution >= 0.6 is 0 Å². The predicted octanol–water partition coefficient (Wildman–Crippen LogP) is -0.433. The van der Waals surface area contributed by atoms with Crippen molar-refractivity contribution < 1.29 is 39.5 Å². The van der Waals surface area contributed by atoms with Gasteiger partial charge in [-0.05, 0) is 25.7 Å². The maximum absolute atomic E-state index is 11.6. The van der Waals surface area contributed by atoms with Crippen molar-refractivity contribution >= 4 is 11.9 Å². The number of aliphatic hydroxyl groups is 4. The van der Waals surface area contributed by atoms with Crippen molar-refractivity contribution in [3.8, 4) is 0 Å². The zero-order valence-electron chi connectivity index (χ0n) is 12.4. The van der Waals surface area contributed by atoms with Gasteiger partial charge >= 0.3 is 11.9 Å². The molecule has 1 aliphatic rings. The first-order valence-corrected chi connectivity index (χ1v) is 7.48. The molecule has 0 aromatic rings. The van der Waals surface area contributed by atoms with E-state index in [1.54, 1.807) is 0 Å². The average molecular weight is 320 g/mol. The van der Waals surface area contributed by atoms with Crippen LogP contribution in [0.5, 0.6) is 0 Å². The van der Waals surface area contributed by atoms with Gasteiger partial charge in [-0.3, -0.25) is 9.59 Å². The quantitative estimate of drug-likeness (QED) is 0.382. The number of cyclic esters (lactones) is 2. The van der Waals surface area contributed by atoms with Crippen LogP contribution in [0.1, 0.15) is 51.4 Å². The first kappa shape index (κ1) is 18.8. The van der Waals surface area contributed by atoms with E-state index in [0.29, 0.717) is 32.1 Å². The summed E-state index contributed by atoms with van der Waals surface area (Å²) in [4.78, 5) is 23.1. The highest BCUT2D eigenvalue weighted by atomic mass is 16.7. The van der Waals surface area contributed by atoms with Crippen LogP contribution < -0.4 is 0 Å². The van der Waals surface area contributed by atoms with Gasteiger partial charge in [-0.25, -0.2) is 0 Å². The lowest BCUT2D eigenvalue weighted by atomic mass is 10.0. The Morgan fingerprint density at radius 2 is 1.82 bits per heavy atom. The Balaban J connectivity index is 2.61. The average Bonchev–Trinajstić information content (AvgIpc) is 2.47. The summed E-state index contributed by atoms with van der Waals surface area (Å²) in [6.45, 7) is -0.362. The van der Waals surface area contributed by atoms with Crippen molar-refractivity contribution in [3.63, 3.8) is 0 Å². The highest BCUT2D eigenvalue weighted by Gasteiger charge is 2.42. The third-order valence-corrected chi connectivity index (χ3v) is 3.46. The standard InChI is InChI=1S/C14H24O8/c15-9-10(16)5-3-4-8-14(20)13(19)21-11(17)6-1-2-7-12(18)22-14/h10,13,15-16,19-20H,1-9H2. The van der Waals surface area contributed by atoms with E-state index in [-0.39, 0.29) is 25.9 Å². The molecule has 0 radical (unpaired) electrons. The molecule has 0 amide bonds. The zero-order chi connectivity index (χ0) is 16.6. The fourth-order valence-corrected chi connectivity index (χ4v) is 2.14. The molecule has 8 heteroatoms. The normalized spacial score (nSPS) is 28.6. The van der Waals surface area contributed by atoms with E-state index in [1.807, 2.05) is 0 Å². The summed E-state index contributed by atoms with van der Waals surface area (Å²) >= 11 is 0. The summed E-state index contributed by atoms with van der Waals surface area (Å²) in [6, 6.07) is 0. The number of hydrogen-bond donors (Lipinski definition) is 4. The molecular weight excluding hydrogens is 296 g/mol. The van der Waals surface area contributed by atoms with E-state index < -0.39 is 30.1 Å². The molecule has 0 bridgehead atoms. The van der Waals surface area contributed by atoms with Crippen LogP contribution in [0.3, 0.4) is 0 Å². The van der Waals surface area contributed by atoms with Crippen molar-refractivity contribution in [1.29, 1.82) is 0 Å².